The van der Waals surface area contributed by atoms with Crippen LogP contribution in [0.25, 0.3) is 61.4 Å². The molecule has 4 aromatic heterocycles. The number of hydrogen-bond donors (Lipinski definition) is 0. The highest BCUT2D eigenvalue weighted by molar-refractivity contribution is 7.99. The van der Waals surface area contributed by atoms with E-state index in [9.17, 15) is 0 Å². The Morgan fingerprint density at radius 3 is 1.80 bits per heavy atom. The molecule has 0 saturated carbocycles. The van der Waals surface area contributed by atoms with E-state index in [4.69, 9.17) is 4.98 Å². The van der Waals surface area contributed by atoms with Crippen molar-refractivity contribution in [2.45, 2.75) is 9.79 Å². The van der Waals surface area contributed by atoms with Crippen LogP contribution in [0.5, 0.6) is 0 Å². The smallest absolute Gasteiger partial charge is 0.0915 e. The molecule has 9 aromatic rings. The maximum atomic E-state index is 5.03. The summed E-state index contributed by atoms with van der Waals surface area (Å²) in [6.45, 7) is 0. The molecule has 240 valence electrons. The summed E-state index contributed by atoms with van der Waals surface area (Å²) in [6, 6.07) is 57.7. The van der Waals surface area contributed by atoms with E-state index in [2.05, 4.69) is 147 Å². The SMILES string of the molecule is c1ccc(N2c3ccccc3Sc3cc(-c4ccc5c(c4)c4ccccc4n5-c4cc(-c5ccccn5)nc(-c5ccccn5)c4)ccc32)cc1. The first-order valence-corrected chi connectivity index (χ1v) is 17.8. The number of hydrogen-bond acceptors (Lipinski definition) is 5. The molecular formula is C45H29N5S. The van der Waals surface area contributed by atoms with Crippen LogP contribution in [-0.4, -0.2) is 19.5 Å². The van der Waals surface area contributed by atoms with Crippen LogP contribution in [-0.2, 0) is 0 Å². The van der Waals surface area contributed by atoms with Gasteiger partial charge in [0.05, 0.1) is 50.9 Å². The molecular weight excluding hydrogens is 643 g/mol. The van der Waals surface area contributed by atoms with Gasteiger partial charge in [0, 0.05) is 38.6 Å². The van der Waals surface area contributed by atoms with E-state index in [1.54, 1.807) is 0 Å². The van der Waals surface area contributed by atoms with Gasteiger partial charge in [-0.15, -0.1) is 0 Å². The number of pyridine rings is 3. The third kappa shape index (κ3) is 5.07. The Balaban J connectivity index is 1.13. The van der Waals surface area contributed by atoms with Crippen molar-refractivity contribution in [2.24, 2.45) is 0 Å². The van der Waals surface area contributed by atoms with Gasteiger partial charge >= 0.3 is 0 Å². The molecule has 5 heterocycles. The van der Waals surface area contributed by atoms with Gasteiger partial charge in [-0.25, -0.2) is 4.98 Å². The normalized spacial score (nSPS) is 12.2. The first kappa shape index (κ1) is 29.4. The summed E-state index contributed by atoms with van der Waals surface area (Å²) >= 11 is 1.83. The summed E-state index contributed by atoms with van der Waals surface area (Å²) in [7, 11) is 0. The van der Waals surface area contributed by atoms with E-state index in [0.29, 0.717) is 0 Å². The number of para-hydroxylation sites is 3. The minimum Gasteiger partial charge on any atom is -0.309 e. The van der Waals surface area contributed by atoms with Gasteiger partial charge in [-0.3, -0.25) is 9.97 Å². The van der Waals surface area contributed by atoms with Crippen LogP contribution < -0.4 is 4.90 Å². The van der Waals surface area contributed by atoms with E-state index in [1.807, 2.05) is 60.6 Å². The van der Waals surface area contributed by atoms with Gasteiger partial charge < -0.3 is 9.47 Å². The lowest BCUT2D eigenvalue weighted by atomic mass is 10.0. The maximum absolute atomic E-state index is 5.03. The van der Waals surface area contributed by atoms with Crippen LogP contribution >= 0.6 is 11.8 Å². The summed E-state index contributed by atoms with van der Waals surface area (Å²) in [5, 5.41) is 2.39. The standard InChI is InChI=1S/C45H29N5S/c1-2-12-32(13-3-1)49-42-18-6-7-19-44(42)51-45-27-31(21-23-43(45)49)30-20-22-41-35(26-30)34-14-4-5-17-40(34)50(41)33-28-38(36-15-8-10-24-46-36)48-39(29-33)37-16-9-11-25-47-37/h1-29H. The molecule has 0 bridgehead atoms. The molecule has 51 heavy (non-hydrogen) atoms. The molecule has 0 atom stereocenters. The first-order chi connectivity index (χ1) is 25.3. The lowest BCUT2D eigenvalue weighted by Crippen LogP contribution is -2.14. The second-order valence-corrected chi connectivity index (χ2v) is 13.6. The fourth-order valence-electron chi connectivity index (χ4n) is 7.16. The van der Waals surface area contributed by atoms with Gasteiger partial charge in [0.1, 0.15) is 0 Å². The second kappa shape index (κ2) is 12.1. The molecule has 0 spiro atoms. The lowest BCUT2D eigenvalue weighted by molar-refractivity contribution is 1.14. The Morgan fingerprint density at radius 1 is 0.412 bits per heavy atom. The topological polar surface area (TPSA) is 46.8 Å². The third-order valence-electron chi connectivity index (χ3n) is 9.47. The van der Waals surface area contributed by atoms with Crippen LogP contribution in [0.3, 0.4) is 0 Å². The van der Waals surface area contributed by atoms with Crippen LogP contribution in [0.1, 0.15) is 0 Å². The average molecular weight is 672 g/mol. The number of anilines is 3. The molecule has 0 saturated heterocycles. The van der Waals surface area contributed by atoms with Crippen molar-refractivity contribution in [1.82, 2.24) is 19.5 Å². The average Bonchev–Trinajstić information content (AvgIpc) is 3.54. The van der Waals surface area contributed by atoms with Crippen LogP contribution in [0.2, 0.25) is 0 Å². The summed E-state index contributed by atoms with van der Waals surface area (Å²) in [4.78, 5) is 19.2. The molecule has 1 aliphatic heterocycles. The minimum atomic E-state index is 0.800. The zero-order valence-electron chi connectivity index (χ0n) is 27.4. The Morgan fingerprint density at radius 2 is 1.04 bits per heavy atom. The molecule has 0 fully saturated rings. The summed E-state index contributed by atoms with van der Waals surface area (Å²) in [5.41, 5.74) is 12.4. The summed E-state index contributed by atoms with van der Waals surface area (Å²) < 4.78 is 2.34. The highest BCUT2D eigenvalue weighted by Gasteiger charge is 2.25. The molecule has 5 nitrogen and oxygen atoms in total. The molecule has 6 heteroatoms. The fourth-order valence-corrected chi connectivity index (χ4v) is 8.26. The highest BCUT2D eigenvalue weighted by Crippen LogP contribution is 2.52. The highest BCUT2D eigenvalue weighted by atomic mass is 32.2. The van der Waals surface area contributed by atoms with Gasteiger partial charge in [0.25, 0.3) is 0 Å². The van der Waals surface area contributed by atoms with Crippen molar-refractivity contribution in [1.29, 1.82) is 0 Å². The van der Waals surface area contributed by atoms with Crippen LogP contribution in [0, 0.1) is 0 Å². The van der Waals surface area contributed by atoms with Crippen molar-refractivity contribution in [3.8, 4) is 39.6 Å². The molecule has 0 unspecified atom stereocenters. The molecule has 1 aliphatic rings. The quantitative estimate of drug-likeness (QED) is 0.182. The van der Waals surface area contributed by atoms with Gasteiger partial charge in [0.15, 0.2) is 0 Å². The van der Waals surface area contributed by atoms with Crippen molar-refractivity contribution >= 4 is 50.6 Å². The van der Waals surface area contributed by atoms with Gasteiger partial charge in [-0.2, -0.15) is 0 Å². The molecule has 10 rings (SSSR count). The van der Waals surface area contributed by atoms with Crippen LogP contribution in [0.15, 0.2) is 186 Å². The monoisotopic (exact) mass is 671 g/mol. The zero-order valence-corrected chi connectivity index (χ0v) is 28.2. The number of aromatic nitrogens is 4. The van der Waals surface area contributed by atoms with Crippen LogP contribution in [0.4, 0.5) is 17.1 Å². The predicted molar refractivity (Wildman–Crippen MR) is 209 cm³/mol. The first-order valence-electron chi connectivity index (χ1n) is 16.9. The number of rotatable bonds is 5. The number of benzene rings is 5. The van der Waals surface area contributed by atoms with Gasteiger partial charge in [0.2, 0.25) is 0 Å². The van der Waals surface area contributed by atoms with E-state index in [-0.39, 0.29) is 0 Å². The second-order valence-electron chi connectivity index (χ2n) is 12.5. The van der Waals surface area contributed by atoms with E-state index in [0.717, 1.165) is 45.2 Å². The van der Waals surface area contributed by atoms with Crippen molar-refractivity contribution in [2.75, 3.05) is 4.90 Å². The minimum absolute atomic E-state index is 0.800. The Kier molecular flexibility index (Phi) is 6.99. The molecule has 0 aliphatic carbocycles. The van der Waals surface area contributed by atoms with E-state index in [1.165, 1.54) is 43.1 Å². The van der Waals surface area contributed by atoms with Crippen molar-refractivity contribution in [3.63, 3.8) is 0 Å². The molecule has 0 amide bonds. The van der Waals surface area contributed by atoms with Gasteiger partial charge in [-0.05, 0) is 102 Å². The third-order valence-corrected chi connectivity index (χ3v) is 10.6. The Hall–Kier alpha value is -6.50. The van der Waals surface area contributed by atoms with E-state index < -0.39 is 0 Å². The van der Waals surface area contributed by atoms with Crippen molar-refractivity contribution < 1.29 is 0 Å². The summed E-state index contributed by atoms with van der Waals surface area (Å²) in [5.74, 6) is 0. The van der Waals surface area contributed by atoms with Crippen molar-refractivity contribution in [3.05, 3.63) is 176 Å². The zero-order chi connectivity index (χ0) is 33.7. The lowest BCUT2D eigenvalue weighted by Gasteiger charge is -2.33. The number of nitrogens with zero attached hydrogens (tertiary/aromatic N) is 5. The van der Waals surface area contributed by atoms with Gasteiger partial charge in [-0.1, -0.05) is 84.6 Å². The Labute approximate surface area is 299 Å². The Bertz CT molecular complexity index is 2670. The molecule has 5 aromatic carbocycles. The predicted octanol–water partition coefficient (Wildman–Crippen LogP) is 11.9. The molecule has 0 radical (unpaired) electrons. The largest absolute Gasteiger partial charge is 0.309 e. The summed E-state index contributed by atoms with van der Waals surface area (Å²) in [6.07, 6.45) is 3.62. The number of fused-ring (bicyclic) bond motifs is 5. The fraction of sp³-hybridized carbons (Fsp3) is 0. The maximum Gasteiger partial charge on any atom is 0.0915 e. The van der Waals surface area contributed by atoms with E-state index >= 15 is 0 Å². The molecule has 0 N–H and O–H groups in total.